The highest BCUT2D eigenvalue weighted by Gasteiger charge is 2.14. The molecule has 0 saturated heterocycles. The molecule has 0 atom stereocenters. The number of carbonyl (C=O) groups is 1. The van der Waals surface area contributed by atoms with Crippen LogP contribution < -0.4 is 14.9 Å². The third kappa shape index (κ3) is 5.57. The lowest BCUT2D eigenvalue weighted by atomic mass is 10.1. The van der Waals surface area contributed by atoms with Crippen molar-refractivity contribution in [3.05, 3.63) is 119 Å². The molecule has 0 aliphatic heterocycles. The van der Waals surface area contributed by atoms with E-state index >= 15 is 0 Å². The molecule has 0 bridgehead atoms. The fraction of sp³-hybridized carbons (Fsp3) is 0.0968. The van der Waals surface area contributed by atoms with Gasteiger partial charge in [-0.05, 0) is 63.9 Å². The number of amides is 1. The largest absolute Gasteiger partial charge is 0.490 e. The molecule has 0 unspecified atom stereocenters. The number of hydrogen-bond donors (Lipinski definition) is 1. The van der Waals surface area contributed by atoms with Gasteiger partial charge >= 0.3 is 0 Å². The van der Waals surface area contributed by atoms with Crippen molar-refractivity contribution in [3.63, 3.8) is 0 Å². The third-order valence-electron chi connectivity index (χ3n) is 5.98. The molecule has 0 aromatic heterocycles. The van der Waals surface area contributed by atoms with E-state index in [1.807, 2.05) is 67.6 Å². The lowest BCUT2D eigenvalue weighted by Gasteiger charge is -2.15. The van der Waals surface area contributed by atoms with Gasteiger partial charge in [-0.1, -0.05) is 84.4 Å². The summed E-state index contributed by atoms with van der Waals surface area (Å²) in [4.78, 5) is 12.6. The predicted octanol–water partition coefficient (Wildman–Crippen LogP) is 7.39. The second-order valence-corrected chi connectivity index (χ2v) is 8.86. The predicted molar refractivity (Wildman–Crippen MR) is 150 cm³/mol. The molecule has 0 aliphatic rings. The van der Waals surface area contributed by atoms with E-state index in [1.54, 1.807) is 18.2 Å². The maximum absolute atomic E-state index is 12.6. The highest BCUT2D eigenvalue weighted by molar-refractivity contribution is 6.32. The summed E-state index contributed by atoms with van der Waals surface area (Å²) in [5.74, 6) is 0.680. The molecule has 0 fully saturated rings. The van der Waals surface area contributed by atoms with Crippen molar-refractivity contribution in [2.75, 3.05) is 6.61 Å². The Labute approximate surface area is 220 Å². The van der Waals surface area contributed by atoms with Gasteiger partial charge < -0.3 is 9.47 Å². The maximum Gasteiger partial charge on any atom is 0.271 e. The molecule has 0 saturated carbocycles. The zero-order chi connectivity index (χ0) is 25.6. The van der Waals surface area contributed by atoms with E-state index in [4.69, 9.17) is 21.1 Å². The molecule has 0 aliphatic carbocycles. The fourth-order valence-corrected chi connectivity index (χ4v) is 4.47. The first kappa shape index (κ1) is 24.3. The normalized spacial score (nSPS) is 11.2. The molecule has 37 heavy (non-hydrogen) atoms. The number of nitrogens with one attached hydrogen (secondary N) is 1. The fourth-order valence-electron chi connectivity index (χ4n) is 4.19. The molecule has 0 spiro atoms. The van der Waals surface area contributed by atoms with E-state index in [2.05, 4.69) is 28.7 Å². The van der Waals surface area contributed by atoms with Crippen LogP contribution in [0.3, 0.4) is 0 Å². The van der Waals surface area contributed by atoms with Crippen molar-refractivity contribution in [2.24, 2.45) is 5.10 Å². The summed E-state index contributed by atoms with van der Waals surface area (Å²) in [5.41, 5.74) is 4.83. The standard InChI is InChI=1S/C31H25ClN2O3/c1-2-36-29-17-21(19-33-34-31(35)25-15-14-22-8-3-4-10-24(22)18-25)16-28(32)30(29)37-20-26-12-7-11-23-9-5-6-13-27(23)26/h3-19H,2,20H2,1H3,(H,34,35)/b33-19-. The average Bonchev–Trinajstić information content (AvgIpc) is 2.92. The molecule has 5 nitrogen and oxygen atoms in total. The summed E-state index contributed by atoms with van der Waals surface area (Å²) in [6, 6.07) is 31.2. The summed E-state index contributed by atoms with van der Waals surface area (Å²) < 4.78 is 11.9. The third-order valence-corrected chi connectivity index (χ3v) is 6.26. The number of halogens is 1. The van der Waals surface area contributed by atoms with E-state index in [0.29, 0.717) is 40.9 Å². The summed E-state index contributed by atoms with van der Waals surface area (Å²) >= 11 is 6.59. The van der Waals surface area contributed by atoms with Crippen LogP contribution in [0.5, 0.6) is 11.5 Å². The van der Waals surface area contributed by atoms with Crippen LogP contribution in [-0.2, 0) is 6.61 Å². The molecular weight excluding hydrogens is 484 g/mol. The number of ether oxygens (including phenoxy) is 2. The Kier molecular flexibility index (Phi) is 7.33. The summed E-state index contributed by atoms with van der Waals surface area (Å²) in [6.45, 7) is 2.68. The van der Waals surface area contributed by atoms with Crippen molar-refractivity contribution in [1.29, 1.82) is 0 Å². The number of hydrogen-bond acceptors (Lipinski definition) is 4. The second kappa shape index (κ2) is 11.1. The minimum atomic E-state index is -0.298. The molecule has 0 radical (unpaired) electrons. The second-order valence-electron chi connectivity index (χ2n) is 8.45. The zero-order valence-electron chi connectivity index (χ0n) is 20.3. The van der Waals surface area contributed by atoms with Gasteiger partial charge in [-0.2, -0.15) is 5.10 Å². The molecule has 5 rings (SSSR count). The van der Waals surface area contributed by atoms with Gasteiger partial charge in [0, 0.05) is 5.56 Å². The SMILES string of the molecule is CCOc1cc(/C=N\NC(=O)c2ccc3ccccc3c2)cc(Cl)c1OCc1cccc2ccccc12. The molecule has 5 aromatic carbocycles. The Morgan fingerprint density at radius 1 is 0.865 bits per heavy atom. The van der Waals surface area contributed by atoms with Crippen molar-refractivity contribution < 1.29 is 14.3 Å². The smallest absolute Gasteiger partial charge is 0.271 e. The van der Waals surface area contributed by atoms with Crippen molar-refractivity contribution in [3.8, 4) is 11.5 Å². The Balaban J connectivity index is 1.31. The first-order valence-corrected chi connectivity index (χ1v) is 12.4. The van der Waals surface area contributed by atoms with Gasteiger partial charge in [-0.15, -0.1) is 0 Å². The van der Waals surface area contributed by atoms with Crippen LogP contribution in [0.4, 0.5) is 0 Å². The van der Waals surface area contributed by atoms with Crippen LogP contribution in [0.25, 0.3) is 21.5 Å². The monoisotopic (exact) mass is 508 g/mol. The Morgan fingerprint density at radius 3 is 2.46 bits per heavy atom. The number of rotatable bonds is 8. The van der Waals surface area contributed by atoms with Gasteiger partial charge in [0.2, 0.25) is 0 Å². The molecule has 5 aromatic rings. The quantitative estimate of drug-likeness (QED) is 0.175. The number of carbonyl (C=O) groups excluding carboxylic acids is 1. The van der Waals surface area contributed by atoms with Crippen molar-refractivity contribution in [2.45, 2.75) is 13.5 Å². The van der Waals surface area contributed by atoms with Gasteiger partial charge in [-0.25, -0.2) is 5.43 Å². The molecule has 6 heteroatoms. The average molecular weight is 509 g/mol. The van der Waals surface area contributed by atoms with Crippen LogP contribution >= 0.6 is 11.6 Å². The van der Waals surface area contributed by atoms with Gasteiger partial charge in [0.25, 0.3) is 5.91 Å². The van der Waals surface area contributed by atoms with Gasteiger partial charge in [0.05, 0.1) is 17.8 Å². The van der Waals surface area contributed by atoms with E-state index in [1.165, 1.54) is 6.21 Å². The Morgan fingerprint density at radius 2 is 1.62 bits per heavy atom. The lowest BCUT2D eigenvalue weighted by molar-refractivity contribution is 0.0955. The summed E-state index contributed by atoms with van der Waals surface area (Å²) in [7, 11) is 0. The minimum absolute atomic E-state index is 0.298. The first-order valence-electron chi connectivity index (χ1n) is 12.0. The van der Waals surface area contributed by atoms with E-state index < -0.39 is 0 Å². The topological polar surface area (TPSA) is 59.9 Å². The summed E-state index contributed by atoms with van der Waals surface area (Å²) in [6.07, 6.45) is 1.53. The van der Waals surface area contributed by atoms with Crippen LogP contribution in [0.2, 0.25) is 5.02 Å². The van der Waals surface area contributed by atoms with E-state index in [0.717, 1.165) is 27.1 Å². The minimum Gasteiger partial charge on any atom is -0.490 e. The number of hydrazone groups is 1. The molecular formula is C31H25ClN2O3. The maximum atomic E-state index is 12.6. The van der Waals surface area contributed by atoms with Crippen LogP contribution in [0.1, 0.15) is 28.4 Å². The van der Waals surface area contributed by atoms with Crippen LogP contribution in [-0.4, -0.2) is 18.7 Å². The first-order chi connectivity index (χ1) is 18.1. The lowest BCUT2D eigenvalue weighted by Crippen LogP contribution is -2.17. The number of benzene rings is 5. The molecule has 1 N–H and O–H groups in total. The molecule has 184 valence electrons. The van der Waals surface area contributed by atoms with E-state index in [-0.39, 0.29) is 5.91 Å². The van der Waals surface area contributed by atoms with Crippen molar-refractivity contribution >= 4 is 45.3 Å². The number of fused-ring (bicyclic) bond motifs is 2. The van der Waals surface area contributed by atoms with Crippen molar-refractivity contribution in [1.82, 2.24) is 5.43 Å². The molecule has 1 amide bonds. The van der Waals surface area contributed by atoms with Gasteiger partial charge in [0.15, 0.2) is 11.5 Å². The Hall–Kier alpha value is -4.35. The van der Waals surface area contributed by atoms with Crippen LogP contribution in [0.15, 0.2) is 102 Å². The molecule has 0 heterocycles. The van der Waals surface area contributed by atoms with E-state index in [9.17, 15) is 4.79 Å². The highest BCUT2D eigenvalue weighted by atomic mass is 35.5. The number of nitrogens with zero attached hydrogens (tertiary/aromatic N) is 1. The Bertz CT molecular complexity index is 1610. The van der Waals surface area contributed by atoms with Crippen LogP contribution in [0, 0.1) is 0 Å². The van der Waals surface area contributed by atoms with Gasteiger partial charge in [-0.3, -0.25) is 4.79 Å². The summed E-state index contributed by atoms with van der Waals surface area (Å²) in [5, 5.41) is 8.86. The van der Waals surface area contributed by atoms with Gasteiger partial charge in [0.1, 0.15) is 6.61 Å². The highest BCUT2D eigenvalue weighted by Crippen LogP contribution is 2.37. The zero-order valence-corrected chi connectivity index (χ0v) is 21.0.